The monoisotopic (exact) mass is 613 g/mol. The van der Waals surface area contributed by atoms with E-state index >= 15 is 0 Å². The third-order valence-electron chi connectivity index (χ3n) is 6.83. The summed E-state index contributed by atoms with van der Waals surface area (Å²) in [7, 11) is -3.90. The molecular formula is C30H29Cl2N3O5S. The van der Waals surface area contributed by atoms with Gasteiger partial charge in [0.15, 0.2) is 0 Å². The molecule has 1 saturated heterocycles. The maximum absolute atomic E-state index is 14.3. The van der Waals surface area contributed by atoms with Crippen molar-refractivity contribution < 1.29 is 22.7 Å². The summed E-state index contributed by atoms with van der Waals surface area (Å²) in [6.45, 7) is 1.86. The van der Waals surface area contributed by atoms with Crippen molar-refractivity contribution in [3.05, 3.63) is 105 Å². The molecule has 0 aliphatic carbocycles. The van der Waals surface area contributed by atoms with Crippen LogP contribution in [0.2, 0.25) is 10.0 Å². The first kappa shape index (κ1) is 30.5. The van der Waals surface area contributed by atoms with E-state index in [1.807, 2.05) is 6.92 Å². The van der Waals surface area contributed by atoms with Gasteiger partial charge in [0.1, 0.15) is 18.2 Å². The highest BCUT2D eigenvalue weighted by Crippen LogP contribution is 2.44. The molecule has 0 bridgehead atoms. The van der Waals surface area contributed by atoms with Gasteiger partial charge < -0.3 is 9.64 Å². The maximum Gasteiger partial charge on any atom is 0.256 e. The Hall–Kier alpha value is -3.42. The van der Waals surface area contributed by atoms with E-state index in [9.17, 15) is 23.3 Å². The fourth-order valence-electron chi connectivity index (χ4n) is 5.00. The van der Waals surface area contributed by atoms with Gasteiger partial charge in [0.2, 0.25) is 10.0 Å². The smallest absolute Gasteiger partial charge is 0.256 e. The summed E-state index contributed by atoms with van der Waals surface area (Å²) in [4.78, 5) is 29.2. The molecule has 11 heteroatoms. The van der Waals surface area contributed by atoms with Crippen molar-refractivity contribution in [1.29, 1.82) is 5.26 Å². The summed E-state index contributed by atoms with van der Waals surface area (Å²) in [6, 6.07) is 20.9. The number of carbonyl (C=O) groups is 2. The van der Waals surface area contributed by atoms with Crippen LogP contribution in [-0.2, 0) is 30.8 Å². The normalized spacial score (nSPS) is 19.8. The molecule has 1 fully saturated rings. The minimum atomic E-state index is -3.90. The Morgan fingerprint density at radius 2 is 1.56 bits per heavy atom. The van der Waals surface area contributed by atoms with E-state index < -0.39 is 46.1 Å². The van der Waals surface area contributed by atoms with Crippen LogP contribution in [0.3, 0.4) is 0 Å². The Morgan fingerprint density at radius 1 is 1.00 bits per heavy atom. The largest absolute Gasteiger partial charge is 0.358 e. The molecule has 0 radical (unpaired) electrons. The van der Waals surface area contributed by atoms with Crippen molar-refractivity contribution in [2.75, 3.05) is 6.26 Å². The van der Waals surface area contributed by atoms with E-state index in [1.54, 1.807) is 72.8 Å². The lowest BCUT2D eigenvalue weighted by atomic mass is 9.88. The van der Waals surface area contributed by atoms with Gasteiger partial charge >= 0.3 is 0 Å². The van der Waals surface area contributed by atoms with Gasteiger partial charge in [-0.25, -0.2) is 8.42 Å². The second-order valence-corrected chi connectivity index (χ2v) is 12.5. The van der Waals surface area contributed by atoms with Crippen LogP contribution in [-0.4, -0.2) is 43.5 Å². The van der Waals surface area contributed by atoms with Crippen molar-refractivity contribution in [1.82, 2.24) is 9.62 Å². The van der Waals surface area contributed by atoms with Crippen LogP contribution in [0.4, 0.5) is 0 Å². The quantitative estimate of drug-likeness (QED) is 0.347. The molecule has 1 aliphatic heterocycles. The predicted molar refractivity (Wildman–Crippen MR) is 157 cm³/mol. The predicted octanol–water partition coefficient (Wildman–Crippen LogP) is 5.36. The standard InChI is InChI=1S/C30H29Cl2N3O5S/c1-3-4-25(29(36)34-41(2,38)39)35-27(21-9-13-23(31)14-10-21)28(22-11-15-24(32)16-12-22)40-26(30(35)37)17-19-5-7-20(18-33)8-6-19/h5-16,25-28H,3-4,17H2,1-2H3,(H,34,36)/t25-,26+,27-,28+/m1/s1. The molecular weight excluding hydrogens is 585 g/mol. The number of halogens is 2. The Bertz CT molecular complexity index is 1540. The highest BCUT2D eigenvalue weighted by molar-refractivity contribution is 7.89. The summed E-state index contributed by atoms with van der Waals surface area (Å²) < 4.78 is 32.7. The van der Waals surface area contributed by atoms with Gasteiger partial charge in [-0.1, -0.05) is 72.9 Å². The number of nitriles is 1. The Morgan fingerprint density at radius 3 is 2.07 bits per heavy atom. The van der Waals surface area contributed by atoms with Gasteiger partial charge in [0.25, 0.3) is 11.8 Å². The molecule has 2 amide bonds. The number of morpholine rings is 1. The highest BCUT2D eigenvalue weighted by atomic mass is 35.5. The molecule has 214 valence electrons. The number of ether oxygens (including phenoxy) is 1. The fraction of sp³-hybridized carbons (Fsp3) is 0.300. The van der Waals surface area contributed by atoms with Crippen LogP contribution in [0.15, 0.2) is 72.8 Å². The van der Waals surface area contributed by atoms with Crippen molar-refractivity contribution in [3.8, 4) is 6.07 Å². The zero-order valence-corrected chi connectivity index (χ0v) is 24.8. The molecule has 0 spiro atoms. The Balaban J connectivity index is 1.87. The van der Waals surface area contributed by atoms with Gasteiger partial charge in [-0.15, -0.1) is 0 Å². The Labute approximate surface area is 249 Å². The molecule has 4 rings (SSSR count). The van der Waals surface area contributed by atoms with Crippen molar-refractivity contribution in [2.45, 2.75) is 50.5 Å². The third kappa shape index (κ3) is 7.46. The van der Waals surface area contributed by atoms with E-state index in [0.717, 1.165) is 17.4 Å². The molecule has 0 aromatic heterocycles. The zero-order valence-electron chi connectivity index (χ0n) is 22.5. The molecule has 8 nitrogen and oxygen atoms in total. The number of nitrogens with zero attached hydrogens (tertiary/aromatic N) is 2. The van der Waals surface area contributed by atoms with Crippen LogP contribution < -0.4 is 4.72 Å². The number of amides is 2. The molecule has 0 saturated carbocycles. The van der Waals surface area contributed by atoms with Gasteiger partial charge in [-0.05, 0) is 59.5 Å². The lowest BCUT2D eigenvalue weighted by Crippen LogP contribution is -2.59. The summed E-state index contributed by atoms with van der Waals surface area (Å²) in [5, 5.41) is 10.2. The van der Waals surface area contributed by atoms with Gasteiger partial charge in [-0.2, -0.15) is 5.26 Å². The first-order chi connectivity index (χ1) is 19.5. The molecule has 4 atom stereocenters. The minimum absolute atomic E-state index is 0.172. The number of sulfonamides is 1. The molecule has 0 unspecified atom stereocenters. The maximum atomic E-state index is 14.3. The first-order valence-electron chi connectivity index (χ1n) is 13.0. The van der Waals surface area contributed by atoms with E-state index in [2.05, 4.69) is 10.8 Å². The average Bonchev–Trinajstić information content (AvgIpc) is 2.93. The number of rotatable bonds is 9. The summed E-state index contributed by atoms with van der Waals surface area (Å²) in [6.07, 6.45) is 0.0540. The van der Waals surface area contributed by atoms with Crippen LogP contribution >= 0.6 is 23.2 Å². The second-order valence-electron chi connectivity index (χ2n) is 9.89. The lowest BCUT2D eigenvalue weighted by Gasteiger charge is -2.47. The van der Waals surface area contributed by atoms with Crippen LogP contribution in [0, 0.1) is 11.3 Å². The van der Waals surface area contributed by atoms with Crippen molar-refractivity contribution in [2.24, 2.45) is 0 Å². The average molecular weight is 615 g/mol. The lowest BCUT2D eigenvalue weighted by molar-refractivity contribution is -0.181. The minimum Gasteiger partial charge on any atom is -0.358 e. The number of carbonyl (C=O) groups excluding carboxylic acids is 2. The highest BCUT2D eigenvalue weighted by Gasteiger charge is 2.48. The molecule has 3 aromatic rings. The van der Waals surface area contributed by atoms with Gasteiger partial charge in [-0.3, -0.25) is 14.3 Å². The molecule has 1 heterocycles. The van der Waals surface area contributed by atoms with E-state index in [0.29, 0.717) is 27.6 Å². The summed E-state index contributed by atoms with van der Waals surface area (Å²) in [5.74, 6) is -1.25. The van der Waals surface area contributed by atoms with Crippen molar-refractivity contribution in [3.63, 3.8) is 0 Å². The summed E-state index contributed by atoms with van der Waals surface area (Å²) >= 11 is 12.4. The third-order valence-corrected chi connectivity index (χ3v) is 7.90. The van der Waals surface area contributed by atoms with Gasteiger partial charge in [0, 0.05) is 16.5 Å². The topological polar surface area (TPSA) is 117 Å². The first-order valence-corrected chi connectivity index (χ1v) is 15.6. The molecule has 1 N–H and O–H groups in total. The molecule has 41 heavy (non-hydrogen) atoms. The Kier molecular flexibility index (Phi) is 9.72. The van der Waals surface area contributed by atoms with Gasteiger partial charge in [0.05, 0.1) is 23.9 Å². The summed E-state index contributed by atoms with van der Waals surface area (Å²) in [5.41, 5.74) is 2.62. The second kappa shape index (κ2) is 13.0. The fourth-order valence-corrected chi connectivity index (χ4v) is 5.75. The molecule has 1 aliphatic rings. The van der Waals surface area contributed by atoms with Crippen LogP contribution in [0.25, 0.3) is 0 Å². The zero-order chi connectivity index (χ0) is 29.7. The van der Waals surface area contributed by atoms with E-state index in [1.165, 1.54) is 4.90 Å². The number of hydrogen-bond donors (Lipinski definition) is 1. The number of benzene rings is 3. The van der Waals surface area contributed by atoms with E-state index in [-0.39, 0.29) is 12.8 Å². The molecule has 3 aromatic carbocycles. The number of nitrogens with one attached hydrogen (secondary N) is 1. The number of hydrogen-bond acceptors (Lipinski definition) is 6. The van der Waals surface area contributed by atoms with Crippen molar-refractivity contribution >= 4 is 45.0 Å². The van der Waals surface area contributed by atoms with E-state index in [4.69, 9.17) is 27.9 Å². The van der Waals surface area contributed by atoms with Crippen LogP contribution in [0.5, 0.6) is 0 Å². The van der Waals surface area contributed by atoms with Crippen LogP contribution in [0.1, 0.15) is 54.2 Å². The SMILES string of the molecule is CCC[C@H](C(=O)NS(C)(=O)=O)N1C(=O)[C@H](Cc2ccc(C#N)cc2)O[C@@H](c2ccc(Cl)cc2)[C@H]1c1ccc(Cl)cc1.